The molecule has 2 aliphatic heterocycles. The molecule has 0 aliphatic carbocycles. The van der Waals surface area contributed by atoms with Crippen LogP contribution >= 0.6 is 24.8 Å². The summed E-state index contributed by atoms with van der Waals surface area (Å²) in [5.41, 5.74) is 0.647. The Bertz CT molecular complexity index is 745. The fraction of sp³-hybridized carbons (Fsp3) is 0.556. The average Bonchev–Trinajstić information content (AvgIpc) is 2.86. The van der Waals surface area contributed by atoms with E-state index in [1.54, 1.807) is 12.3 Å². The number of rotatable bonds is 2. The van der Waals surface area contributed by atoms with E-state index < -0.39 is 0 Å². The Morgan fingerprint density at radius 1 is 1.15 bits per heavy atom. The van der Waals surface area contributed by atoms with Crippen LogP contribution in [0.1, 0.15) is 12.8 Å². The van der Waals surface area contributed by atoms with E-state index in [0.29, 0.717) is 24.1 Å². The number of hydrogen-bond acceptors (Lipinski definition) is 6. The number of hydrogen-bond donors (Lipinski definition) is 2. The molecule has 2 saturated heterocycles. The maximum atomic E-state index is 13.4. The minimum absolute atomic E-state index is 0. The van der Waals surface area contributed by atoms with Gasteiger partial charge in [0.05, 0.1) is 11.6 Å². The van der Waals surface area contributed by atoms with Crippen molar-refractivity contribution in [2.45, 2.75) is 25.0 Å². The summed E-state index contributed by atoms with van der Waals surface area (Å²) in [4.78, 5) is 13.6. The van der Waals surface area contributed by atoms with Gasteiger partial charge in [0.25, 0.3) is 0 Å². The van der Waals surface area contributed by atoms with Gasteiger partial charge in [0, 0.05) is 63.0 Å². The Labute approximate surface area is 171 Å². The molecule has 2 N–H and O–H groups in total. The summed E-state index contributed by atoms with van der Waals surface area (Å²) in [7, 11) is 0. The summed E-state index contributed by atoms with van der Waals surface area (Å²) in [6.45, 7) is 5.08. The third-order valence-corrected chi connectivity index (χ3v) is 5.20. The number of nitrogens with zero attached hydrogens (tertiary/aromatic N) is 4. The van der Waals surface area contributed by atoms with E-state index in [9.17, 15) is 9.50 Å². The molecule has 1 aromatic heterocycles. The van der Waals surface area contributed by atoms with Gasteiger partial charge in [-0.1, -0.05) is 0 Å². The SMILES string of the molecule is Cl.Cl.OC1CNCCN(C2CCN(c3ncc4ccc(F)cc4n3)CC2)C1. The van der Waals surface area contributed by atoms with Crippen LogP contribution in [0.25, 0.3) is 10.9 Å². The first-order valence-electron chi connectivity index (χ1n) is 8.99. The lowest BCUT2D eigenvalue weighted by atomic mass is 10.0. The molecule has 9 heteroatoms. The second kappa shape index (κ2) is 9.80. The molecule has 4 rings (SSSR count). The predicted octanol–water partition coefficient (Wildman–Crippen LogP) is 1.85. The van der Waals surface area contributed by atoms with Crippen LogP contribution in [-0.4, -0.2) is 71.4 Å². The molecule has 0 spiro atoms. The number of nitrogens with one attached hydrogen (secondary N) is 1. The molecule has 3 heterocycles. The Balaban J connectivity index is 0.00000131. The number of fused-ring (bicyclic) bond motifs is 1. The van der Waals surface area contributed by atoms with Crippen LogP contribution in [0.5, 0.6) is 0 Å². The van der Waals surface area contributed by atoms with Crippen molar-refractivity contribution in [2.24, 2.45) is 0 Å². The molecule has 0 amide bonds. The lowest BCUT2D eigenvalue weighted by Gasteiger charge is -2.38. The summed E-state index contributed by atoms with van der Waals surface area (Å²) in [5, 5.41) is 14.1. The lowest BCUT2D eigenvalue weighted by molar-refractivity contribution is 0.0960. The summed E-state index contributed by atoms with van der Waals surface area (Å²) in [6.07, 6.45) is 3.52. The molecule has 1 aromatic carbocycles. The molecule has 2 aromatic rings. The quantitative estimate of drug-likeness (QED) is 0.776. The second-order valence-corrected chi connectivity index (χ2v) is 6.94. The highest BCUT2D eigenvalue weighted by molar-refractivity contribution is 5.85. The molecule has 2 fully saturated rings. The number of aliphatic hydroxyl groups is 1. The fourth-order valence-electron chi connectivity index (χ4n) is 3.82. The molecule has 1 atom stereocenters. The van der Waals surface area contributed by atoms with E-state index in [1.165, 1.54) is 12.1 Å². The van der Waals surface area contributed by atoms with Crippen LogP contribution in [0.15, 0.2) is 24.4 Å². The van der Waals surface area contributed by atoms with E-state index >= 15 is 0 Å². The Morgan fingerprint density at radius 3 is 2.70 bits per heavy atom. The summed E-state index contributed by atoms with van der Waals surface area (Å²) in [6, 6.07) is 5.09. The van der Waals surface area contributed by atoms with Gasteiger partial charge in [0.15, 0.2) is 0 Å². The first kappa shape index (κ1) is 22.0. The smallest absolute Gasteiger partial charge is 0.225 e. The highest BCUT2D eigenvalue weighted by Gasteiger charge is 2.28. The van der Waals surface area contributed by atoms with Gasteiger partial charge in [-0.15, -0.1) is 24.8 Å². The summed E-state index contributed by atoms with van der Waals surface area (Å²) >= 11 is 0. The van der Waals surface area contributed by atoms with Crippen molar-refractivity contribution < 1.29 is 9.50 Å². The van der Waals surface area contributed by atoms with Crippen LogP contribution in [0.4, 0.5) is 10.3 Å². The number of piperidine rings is 1. The number of β-amino-alcohol motifs (C(OH)–C–C–N with tert-alkyl or cyclic N) is 1. The molecule has 6 nitrogen and oxygen atoms in total. The van der Waals surface area contributed by atoms with Crippen molar-refractivity contribution in [1.82, 2.24) is 20.2 Å². The Kier molecular flexibility index (Phi) is 8.00. The molecule has 0 radical (unpaired) electrons. The second-order valence-electron chi connectivity index (χ2n) is 6.94. The third kappa shape index (κ3) is 5.18. The molecule has 1 unspecified atom stereocenters. The number of benzene rings is 1. The van der Waals surface area contributed by atoms with Gasteiger partial charge < -0.3 is 15.3 Å². The van der Waals surface area contributed by atoms with E-state index in [2.05, 4.69) is 25.1 Å². The standard InChI is InChI=1S/C18H24FN5O.2ClH/c19-14-2-1-13-10-21-18(22-17(13)9-14)23-6-3-15(4-7-23)24-8-5-20-11-16(25)12-24;;/h1-2,9-10,15-16,20,25H,3-8,11-12H2;2*1H. The first-order chi connectivity index (χ1) is 12.2. The molecule has 2 aliphatic rings. The van der Waals surface area contributed by atoms with Crippen molar-refractivity contribution in [2.75, 3.05) is 44.2 Å². The van der Waals surface area contributed by atoms with Crippen molar-refractivity contribution in [1.29, 1.82) is 0 Å². The first-order valence-corrected chi connectivity index (χ1v) is 8.99. The lowest BCUT2D eigenvalue weighted by Crippen LogP contribution is -2.47. The third-order valence-electron chi connectivity index (χ3n) is 5.20. The highest BCUT2D eigenvalue weighted by atomic mass is 35.5. The summed E-state index contributed by atoms with van der Waals surface area (Å²) < 4.78 is 13.4. The molecule has 0 saturated carbocycles. The number of anilines is 1. The molecule has 150 valence electrons. The number of aliphatic hydroxyl groups excluding tert-OH is 1. The van der Waals surface area contributed by atoms with E-state index in [4.69, 9.17) is 0 Å². The fourth-order valence-corrected chi connectivity index (χ4v) is 3.82. The zero-order chi connectivity index (χ0) is 17.2. The van der Waals surface area contributed by atoms with Gasteiger partial charge in [0.2, 0.25) is 5.95 Å². The van der Waals surface area contributed by atoms with Crippen molar-refractivity contribution in [3.63, 3.8) is 0 Å². The largest absolute Gasteiger partial charge is 0.390 e. The topological polar surface area (TPSA) is 64.5 Å². The van der Waals surface area contributed by atoms with Crippen LogP contribution < -0.4 is 10.2 Å². The van der Waals surface area contributed by atoms with Gasteiger partial charge in [-0.3, -0.25) is 4.90 Å². The van der Waals surface area contributed by atoms with Crippen molar-refractivity contribution in [3.8, 4) is 0 Å². The number of aromatic nitrogens is 2. The minimum atomic E-state index is -0.292. The molecule has 27 heavy (non-hydrogen) atoms. The van der Waals surface area contributed by atoms with Gasteiger partial charge in [-0.25, -0.2) is 14.4 Å². The molecular weight excluding hydrogens is 392 g/mol. The summed E-state index contributed by atoms with van der Waals surface area (Å²) in [5.74, 6) is 0.401. The van der Waals surface area contributed by atoms with Gasteiger partial charge >= 0.3 is 0 Å². The van der Waals surface area contributed by atoms with Crippen molar-refractivity contribution in [3.05, 3.63) is 30.2 Å². The van der Waals surface area contributed by atoms with E-state index in [1.807, 2.05) is 0 Å². The monoisotopic (exact) mass is 417 g/mol. The maximum Gasteiger partial charge on any atom is 0.225 e. The average molecular weight is 418 g/mol. The highest BCUT2D eigenvalue weighted by Crippen LogP contribution is 2.22. The predicted molar refractivity (Wildman–Crippen MR) is 110 cm³/mol. The zero-order valence-electron chi connectivity index (χ0n) is 15.1. The van der Waals surface area contributed by atoms with Gasteiger partial charge in [-0.2, -0.15) is 0 Å². The molecule has 0 bridgehead atoms. The van der Waals surface area contributed by atoms with Gasteiger partial charge in [-0.05, 0) is 25.0 Å². The normalized spacial score (nSPS) is 22.0. The Hall–Kier alpha value is -1.25. The molecular formula is C18H26Cl2FN5O. The Morgan fingerprint density at radius 2 is 1.93 bits per heavy atom. The van der Waals surface area contributed by atoms with Crippen LogP contribution in [0.2, 0.25) is 0 Å². The maximum absolute atomic E-state index is 13.4. The van der Waals surface area contributed by atoms with Crippen LogP contribution in [0.3, 0.4) is 0 Å². The van der Waals surface area contributed by atoms with Gasteiger partial charge in [0.1, 0.15) is 5.82 Å². The van der Waals surface area contributed by atoms with Crippen LogP contribution in [-0.2, 0) is 0 Å². The van der Waals surface area contributed by atoms with Crippen LogP contribution in [0, 0.1) is 5.82 Å². The van der Waals surface area contributed by atoms with E-state index in [-0.39, 0.29) is 36.7 Å². The number of halogens is 3. The zero-order valence-corrected chi connectivity index (χ0v) is 16.7. The van der Waals surface area contributed by atoms with Crippen molar-refractivity contribution >= 4 is 41.7 Å². The van der Waals surface area contributed by atoms with E-state index in [0.717, 1.165) is 51.0 Å². The minimum Gasteiger partial charge on any atom is -0.390 e.